The highest BCUT2D eigenvalue weighted by molar-refractivity contribution is 7.91. The van der Waals surface area contributed by atoms with E-state index in [0.29, 0.717) is 17.2 Å². The molecule has 3 rings (SSSR count). The molecule has 0 aliphatic carbocycles. The molecule has 0 saturated heterocycles. The highest BCUT2D eigenvalue weighted by Gasteiger charge is 2.13. The maximum Gasteiger partial charge on any atom is 0.250 e. The van der Waals surface area contributed by atoms with Crippen molar-refractivity contribution in [3.05, 3.63) is 47.7 Å². The number of sulfonamides is 1. The first kappa shape index (κ1) is 13.3. The van der Waals surface area contributed by atoms with Crippen LogP contribution in [0.4, 0.5) is 0 Å². The summed E-state index contributed by atoms with van der Waals surface area (Å²) in [4.78, 5) is 4.07. The molecule has 0 atom stereocenters. The monoisotopic (exact) mass is 308 g/mol. The summed E-state index contributed by atoms with van der Waals surface area (Å²) < 4.78 is 31.9. The molecule has 1 N–H and O–H groups in total. The zero-order chi connectivity index (χ0) is 14.0. The van der Waals surface area contributed by atoms with Crippen LogP contribution in [0.5, 0.6) is 0 Å². The van der Waals surface area contributed by atoms with Crippen LogP contribution in [0.25, 0.3) is 11.1 Å². The summed E-state index contributed by atoms with van der Waals surface area (Å²) >= 11 is 1.21. The molecule has 104 valence electrons. The molecule has 7 heteroatoms. The van der Waals surface area contributed by atoms with Gasteiger partial charge in [0.1, 0.15) is 9.73 Å². The number of nitrogens with one attached hydrogen (secondary N) is 1. The van der Waals surface area contributed by atoms with Gasteiger partial charge in [0, 0.05) is 6.54 Å². The Morgan fingerprint density at radius 3 is 3.00 bits per heavy atom. The van der Waals surface area contributed by atoms with Crippen molar-refractivity contribution < 1.29 is 12.8 Å². The van der Waals surface area contributed by atoms with Gasteiger partial charge in [0.25, 0.3) is 0 Å². The second-order valence-electron chi connectivity index (χ2n) is 4.23. The topological polar surface area (TPSA) is 72.2 Å². The molecule has 3 aromatic rings. The Morgan fingerprint density at radius 1 is 1.30 bits per heavy atom. The Balaban J connectivity index is 1.65. The lowest BCUT2D eigenvalue weighted by molar-refractivity contribution is 0.583. The SMILES string of the molecule is O=S(=O)(NCCc1ccc2ocnc2c1)c1cccs1. The van der Waals surface area contributed by atoms with Crippen LogP contribution >= 0.6 is 11.3 Å². The van der Waals surface area contributed by atoms with E-state index in [0.717, 1.165) is 16.7 Å². The summed E-state index contributed by atoms with van der Waals surface area (Å²) in [5.74, 6) is 0. The fourth-order valence-corrected chi connectivity index (χ4v) is 3.95. The zero-order valence-corrected chi connectivity index (χ0v) is 12.1. The number of benzene rings is 1. The van der Waals surface area contributed by atoms with Gasteiger partial charge in [0.2, 0.25) is 10.0 Å². The van der Waals surface area contributed by atoms with Gasteiger partial charge < -0.3 is 4.42 Å². The maximum absolute atomic E-state index is 11.9. The van der Waals surface area contributed by atoms with Crippen LogP contribution < -0.4 is 4.72 Å². The maximum atomic E-state index is 11.9. The first-order valence-electron chi connectivity index (χ1n) is 6.00. The van der Waals surface area contributed by atoms with Crippen molar-refractivity contribution in [1.29, 1.82) is 0 Å². The molecule has 0 bridgehead atoms. The van der Waals surface area contributed by atoms with Gasteiger partial charge in [0.05, 0.1) is 0 Å². The minimum Gasteiger partial charge on any atom is -0.443 e. The van der Waals surface area contributed by atoms with Crippen LogP contribution in [-0.2, 0) is 16.4 Å². The Bertz CT molecular complexity index is 807. The summed E-state index contributed by atoms with van der Waals surface area (Å²) in [6.07, 6.45) is 2.00. The molecule has 0 saturated carbocycles. The van der Waals surface area contributed by atoms with Crippen molar-refractivity contribution >= 4 is 32.5 Å². The number of oxazole rings is 1. The van der Waals surface area contributed by atoms with E-state index < -0.39 is 10.0 Å². The lowest BCUT2D eigenvalue weighted by Gasteiger charge is -2.04. The predicted molar refractivity (Wildman–Crippen MR) is 77.2 cm³/mol. The Kier molecular flexibility index (Phi) is 3.56. The average Bonchev–Trinajstić information content (AvgIpc) is 3.09. The Labute approximate surface area is 120 Å². The molecule has 20 heavy (non-hydrogen) atoms. The van der Waals surface area contributed by atoms with Gasteiger partial charge in [0.15, 0.2) is 12.0 Å². The van der Waals surface area contributed by atoms with E-state index in [1.807, 2.05) is 18.2 Å². The van der Waals surface area contributed by atoms with Gasteiger partial charge in [-0.2, -0.15) is 0 Å². The summed E-state index contributed by atoms with van der Waals surface area (Å²) in [7, 11) is -3.38. The lowest BCUT2D eigenvalue weighted by Crippen LogP contribution is -2.25. The highest BCUT2D eigenvalue weighted by atomic mass is 32.2. The summed E-state index contributed by atoms with van der Waals surface area (Å²) in [6, 6.07) is 8.96. The number of rotatable bonds is 5. The molecule has 0 aliphatic heterocycles. The van der Waals surface area contributed by atoms with E-state index in [-0.39, 0.29) is 0 Å². The Morgan fingerprint density at radius 2 is 2.20 bits per heavy atom. The van der Waals surface area contributed by atoms with Crippen LogP contribution in [0.3, 0.4) is 0 Å². The molecule has 5 nitrogen and oxygen atoms in total. The zero-order valence-electron chi connectivity index (χ0n) is 10.4. The van der Waals surface area contributed by atoms with Crippen molar-refractivity contribution in [2.24, 2.45) is 0 Å². The second kappa shape index (κ2) is 5.35. The molecular formula is C13H12N2O3S2. The van der Waals surface area contributed by atoms with Crippen molar-refractivity contribution in [2.75, 3.05) is 6.54 Å². The van der Waals surface area contributed by atoms with E-state index in [1.165, 1.54) is 17.7 Å². The van der Waals surface area contributed by atoms with Gasteiger partial charge in [-0.05, 0) is 35.6 Å². The van der Waals surface area contributed by atoms with Crippen LogP contribution in [0.15, 0.2) is 50.7 Å². The van der Waals surface area contributed by atoms with Gasteiger partial charge in [-0.3, -0.25) is 0 Å². The molecule has 0 amide bonds. The normalized spacial score (nSPS) is 12.0. The fourth-order valence-electron chi connectivity index (χ4n) is 1.88. The standard InChI is InChI=1S/C13H12N2O3S2/c16-20(17,13-2-1-7-19-13)15-6-5-10-3-4-12-11(8-10)14-9-18-12/h1-4,7-9,15H,5-6H2. The lowest BCUT2D eigenvalue weighted by atomic mass is 10.1. The predicted octanol–water partition coefficient (Wildman–Crippen LogP) is 2.41. The number of fused-ring (bicyclic) bond motifs is 1. The first-order chi connectivity index (χ1) is 9.65. The molecule has 2 aromatic heterocycles. The molecule has 0 unspecified atom stereocenters. The van der Waals surface area contributed by atoms with E-state index in [9.17, 15) is 8.42 Å². The summed E-state index contributed by atoms with van der Waals surface area (Å²) in [6.45, 7) is 0.351. The fraction of sp³-hybridized carbons (Fsp3) is 0.154. The van der Waals surface area contributed by atoms with Crippen LogP contribution in [0, 0.1) is 0 Å². The van der Waals surface area contributed by atoms with Crippen LogP contribution in [-0.4, -0.2) is 19.9 Å². The molecule has 0 aliphatic rings. The summed E-state index contributed by atoms with van der Waals surface area (Å²) in [5, 5.41) is 1.74. The minimum atomic E-state index is -3.38. The third-order valence-electron chi connectivity index (χ3n) is 2.86. The van der Waals surface area contributed by atoms with Crippen molar-refractivity contribution in [2.45, 2.75) is 10.6 Å². The van der Waals surface area contributed by atoms with Crippen LogP contribution in [0.1, 0.15) is 5.56 Å². The number of nitrogens with zero attached hydrogens (tertiary/aromatic N) is 1. The minimum absolute atomic E-state index is 0.337. The van der Waals surface area contributed by atoms with Crippen LogP contribution in [0.2, 0.25) is 0 Å². The van der Waals surface area contributed by atoms with Gasteiger partial charge in [-0.1, -0.05) is 12.1 Å². The molecule has 0 radical (unpaired) electrons. The van der Waals surface area contributed by atoms with E-state index in [1.54, 1.807) is 17.5 Å². The average molecular weight is 308 g/mol. The quantitative estimate of drug-likeness (QED) is 0.785. The van der Waals surface area contributed by atoms with E-state index >= 15 is 0 Å². The largest absolute Gasteiger partial charge is 0.443 e. The number of aromatic nitrogens is 1. The van der Waals surface area contributed by atoms with Gasteiger partial charge in [-0.25, -0.2) is 18.1 Å². The van der Waals surface area contributed by atoms with Crippen molar-refractivity contribution in [3.8, 4) is 0 Å². The number of thiophene rings is 1. The van der Waals surface area contributed by atoms with Gasteiger partial charge in [-0.15, -0.1) is 11.3 Å². The van der Waals surface area contributed by atoms with Crippen molar-refractivity contribution in [3.63, 3.8) is 0 Å². The molecule has 0 spiro atoms. The molecule has 1 aromatic carbocycles. The Hall–Kier alpha value is -1.70. The smallest absolute Gasteiger partial charge is 0.250 e. The van der Waals surface area contributed by atoms with E-state index in [2.05, 4.69) is 9.71 Å². The number of hydrogen-bond acceptors (Lipinski definition) is 5. The molecule has 2 heterocycles. The van der Waals surface area contributed by atoms with Gasteiger partial charge >= 0.3 is 0 Å². The third kappa shape index (κ3) is 2.74. The number of hydrogen-bond donors (Lipinski definition) is 1. The molecular weight excluding hydrogens is 296 g/mol. The molecule has 0 fully saturated rings. The second-order valence-corrected chi connectivity index (χ2v) is 7.18. The van der Waals surface area contributed by atoms with E-state index in [4.69, 9.17) is 4.42 Å². The summed E-state index contributed by atoms with van der Waals surface area (Å²) in [5.41, 5.74) is 2.52. The first-order valence-corrected chi connectivity index (χ1v) is 8.37. The highest BCUT2D eigenvalue weighted by Crippen LogP contribution is 2.16. The van der Waals surface area contributed by atoms with Crippen molar-refractivity contribution in [1.82, 2.24) is 9.71 Å². The third-order valence-corrected chi connectivity index (χ3v) is 5.72.